The van der Waals surface area contributed by atoms with E-state index in [0.717, 1.165) is 42.0 Å². The van der Waals surface area contributed by atoms with Crippen molar-refractivity contribution in [1.82, 2.24) is 19.5 Å². The van der Waals surface area contributed by atoms with Crippen molar-refractivity contribution in [1.29, 1.82) is 0 Å². The zero-order chi connectivity index (χ0) is 13.9. The maximum absolute atomic E-state index is 5.13. The van der Waals surface area contributed by atoms with Crippen molar-refractivity contribution in [3.05, 3.63) is 11.9 Å². The maximum atomic E-state index is 5.13. The van der Waals surface area contributed by atoms with Crippen LogP contribution < -0.4 is 5.32 Å². The Morgan fingerprint density at radius 2 is 2.45 bits per heavy atom. The van der Waals surface area contributed by atoms with Crippen LogP contribution >= 0.6 is 11.3 Å². The highest BCUT2D eigenvalue weighted by Crippen LogP contribution is 2.21. The molecule has 0 saturated carbocycles. The third kappa shape index (κ3) is 3.11. The van der Waals surface area contributed by atoms with Gasteiger partial charge >= 0.3 is 0 Å². The van der Waals surface area contributed by atoms with Crippen LogP contribution in [0.25, 0.3) is 4.96 Å². The van der Waals surface area contributed by atoms with Crippen LogP contribution in [0, 0.1) is 12.8 Å². The van der Waals surface area contributed by atoms with E-state index in [-0.39, 0.29) is 0 Å². The highest BCUT2D eigenvalue weighted by molar-refractivity contribution is 7.20. The molecule has 0 aromatic carbocycles. The van der Waals surface area contributed by atoms with Crippen molar-refractivity contribution in [3.63, 3.8) is 0 Å². The fourth-order valence-electron chi connectivity index (χ4n) is 2.62. The van der Waals surface area contributed by atoms with E-state index in [1.807, 2.05) is 17.6 Å². The number of methoxy groups -OCH3 is 1. The second-order valence-electron chi connectivity index (χ2n) is 5.35. The van der Waals surface area contributed by atoms with E-state index in [1.54, 1.807) is 18.4 Å². The molecule has 1 N–H and O–H groups in total. The Morgan fingerprint density at radius 3 is 3.25 bits per heavy atom. The van der Waals surface area contributed by atoms with Crippen molar-refractivity contribution in [3.8, 4) is 0 Å². The molecule has 6 nitrogen and oxygen atoms in total. The van der Waals surface area contributed by atoms with E-state index < -0.39 is 0 Å². The number of nitrogens with zero attached hydrogens (tertiary/aromatic N) is 4. The van der Waals surface area contributed by atoms with Gasteiger partial charge in [-0.15, -0.1) is 5.10 Å². The smallest absolute Gasteiger partial charge is 0.214 e. The number of aryl methyl sites for hydroxylation is 1. The van der Waals surface area contributed by atoms with Gasteiger partial charge < -0.3 is 15.0 Å². The number of ether oxygens (including phenoxy) is 1. The molecule has 2 aromatic rings. The molecule has 0 radical (unpaired) electrons. The monoisotopic (exact) mass is 295 g/mol. The molecule has 2 aromatic heterocycles. The Hall–Kier alpha value is -1.18. The molecule has 1 fully saturated rings. The first kappa shape index (κ1) is 13.8. The van der Waals surface area contributed by atoms with E-state index in [4.69, 9.17) is 4.74 Å². The zero-order valence-electron chi connectivity index (χ0n) is 12.0. The lowest BCUT2D eigenvalue weighted by Crippen LogP contribution is -2.26. The molecule has 1 aliphatic heterocycles. The molecule has 0 spiro atoms. The molecule has 3 heterocycles. The van der Waals surface area contributed by atoms with E-state index in [1.165, 1.54) is 13.0 Å². The first-order valence-electron chi connectivity index (χ1n) is 7.02. The van der Waals surface area contributed by atoms with E-state index in [0.29, 0.717) is 5.92 Å². The number of nitrogens with one attached hydrogen (secondary N) is 1. The summed E-state index contributed by atoms with van der Waals surface area (Å²) in [7, 11) is 1.76. The Morgan fingerprint density at radius 1 is 1.55 bits per heavy atom. The summed E-state index contributed by atoms with van der Waals surface area (Å²) < 4.78 is 6.98. The summed E-state index contributed by atoms with van der Waals surface area (Å²) in [4.78, 5) is 7.84. The van der Waals surface area contributed by atoms with Gasteiger partial charge in [0.05, 0.1) is 18.5 Å². The Labute approximate surface area is 122 Å². The Bertz CT molecular complexity index is 535. The lowest BCUT2D eigenvalue weighted by atomic mass is 10.1. The number of fused-ring (bicyclic) bond motifs is 1. The number of hydrogen-bond acceptors (Lipinski definition) is 6. The quantitative estimate of drug-likeness (QED) is 0.875. The maximum Gasteiger partial charge on any atom is 0.214 e. The number of aromatic nitrogens is 3. The van der Waals surface area contributed by atoms with Crippen LogP contribution in [-0.2, 0) is 4.74 Å². The Balaban J connectivity index is 1.48. The third-order valence-corrected chi connectivity index (χ3v) is 4.57. The van der Waals surface area contributed by atoms with Gasteiger partial charge in [0.1, 0.15) is 0 Å². The first-order chi connectivity index (χ1) is 9.74. The molecular weight excluding hydrogens is 274 g/mol. The second-order valence-corrected chi connectivity index (χ2v) is 6.30. The summed E-state index contributed by atoms with van der Waals surface area (Å²) in [6.45, 7) is 7.16. The molecule has 0 aliphatic carbocycles. The lowest BCUT2D eigenvalue weighted by Gasteiger charge is -2.15. The molecule has 0 amide bonds. The summed E-state index contributed by atoms with van der Waals surface area (Å²) in [5.74, 6) is 0.699. The van der Waals surface area contributed by atoms with Crippen molar-refractivity contribution in [2.24, 2.45) is 5.92 Å². The standard InChI is InChI=1S/C13H21N5OS/c1-10-8-18-13(15-10)20-12(16-18)14-7-11-3-4-17(9-11)5-6-19-2/h8,11H,3-7,9H2,1-2H3,(H,14,16)/t11-/m1/s1. The minimum atomic E-state index is 0.699. The molecule has 3 rings (SSSR count). The molecule has 1 aliphatic rings. The van der Waals surface area contributed by atoms with Crippen LogP contribution in [0.2, 0.25) is 0 Å². The van der Waals surface area contributed by atoms with Gasteiger partial charge in [0.2, 0.25) is 10.1 Å². The normalized spacial score (nSPS) is 20.0. The fourth-order valence-corrected chi connectivity index (χ4v) is 3.45. The van der Waals surface area contributed by atoms with Gasteiger partial charge in [0.15, 0.2) is 0 Å². The highest BCUT2D eigenvalue weighted by atomic mass is 32.1. The zero-order valence-corrected chi connectivity index (χ0v) is 12.8. The molecule has 20 heavy (non-hydrogen) atoms. The minimum absolute atomic E-state index is 0.699. The molecule has 0 unspecified atom stereocenters. The molecule has 1 atom stereocenters. The van der Waals surface area contributed by atoms with Crippen molar-refractivity contribution >= 4 is 21.4 Å². The average Bonchev–Trinajstić information content (AvgIpc) is 3.08. The van der Waals surface area contributed by atoms with Crippen LogP contribution in [0.4, 0.5) is 5.13 Å². The van der Waals surface area contributed by atoms with Gasteiger partial charge in [-0.25, -0.2) is 9.50 Å². The van der Waals surface area contributed by atoms with Gasteiger partial charge in [0, 0.05) is 26.7 Å². The van der Waals surface area contributed by atoms with Gasteiger partial charge in [-0.1, -0.05) is 11.3 Å². The number of likely N-dealkylation sites (tertiary alicyclic amines) is 1. The third-order valence-electron chi connectivity index (χ3n) is 3.69. The highest BCUT2D eigenvalue weighted by Gasteiger charge is 2.22. The first-order valence-corrected chi connectivity index (χ1v) is 7.84. The van der Waals surface area contributed by atoms with E-state index in [2.05, 4.69) is 20.3 Å². The van der Waals surface area contributed by atoms with Crippen LogP contribution in [-0.4, -0.2) is 59.4 Å². The van der Waals surface area contributed by atoms with Crippen LogP contribution in [0.3, 0.4) is 0 Å². The number of rotatable bonds is 6. The average molecular weight is 295 g/mol. The molecule has 1 saturated heterocycles. The van der Waals surface area contributed by atoms with Crippen molar-refractivity contribution < 1.29 is 4.74 Å². The summed E-state index contributed by atoms with van der Waals surface area (Å²) in [5.41, 5.74) is 1.01. The van der Waals surface area contributed by atoms with Gasteiger partial charge in [-0.05, 0) is 25.8 Å². The largest absolute Gasteiger partial charge is 0.383 e. The predicted molar refractivity (Wildman–Crippen MR) is 80.5 cm³/mol. The van der Waals surface area contributed by atoms with Gasteiger partial charge in [-0.2, -0.15) is 0 Å². The number of imidazole rings is 1. The molecule has 7 heteroatoms. The SMILES string of the molecule is COCCN1CC[C@H](CNc2nn3cc(C)nc3s2)C1. The van der Waals surface area contributed by atoms with Crippen molar-refractivity contribution in [2.45, 2.75) is 13.3 Å². The summed E-state index contributed by atoms with van der Waals surface area (Å²) in [5, 5.41) is 8.90. The summed E-state index contributed by atoms with van der Waals surface area (Å²) >= 11 is 1.61. The van der Waals surface area contributed by atoms with Gasteiger partial charge in [0.25, 0.3) is 0 Å². The van der Waals surface area contributed by atoms with E-state index in [9.17, 15) is 0 Å². The minimum Gasteiger partial charge on any atom is -0.383 e. The number of anilines is 1. The van der Waals surface area contributed by atoms with Gasteiger partial charge in [-0.3, -0.25) is 0 Å². The predicted octanol–water partition coefficient (Wildman–Crippen LogP) is 1.48. The fraction of sp³-hybridized carbons (Fsp3) is 0.692. The lowest BCUT2D eigenvalue weighted by molar-refractivity contribution is 0.159. The van der Waals surface area contributed by atoms with Crippen molar-refractivity contribution in [2.75, 3.05) is 45.2 Å². The molecule has 110 valence electrons. The summed E-state index contributed by atoms with van der Waals surface area (Å²) in [6.07, 6.45) is 3.21. The molecular formula is C13H21N5OS. The summed E-state index contributed by atoms with van der Waals surface area (Å²) in [6, 6.07) is 0. The number of hydrogen-bond donors (Lipinski definition) is 1. The topological polar surface area (TPSA) is 54.7 Å². The van der Waals surface area contributed by atoms with Crippen LogP contribution in [0.5, 0.6) is 0 Å². The second kappa shape index (κ2) is 6.07. The van der Waals surface area contributed by atoms with Crippen LogP contribution in [0.15, 0.2) is 6.20 Å². The van der Waals surface area contributed by atoms with Crippen LogP contribution in [0.1, 0.15) is 12.1 Å². The van der Waals surface area contributed by atoms with E-state index >= 15 is 0 Å². The Kier molecular flexibility index (Phi) is 4.18. The molecule has 0 bridgehead atoms.